The average molecular weight is 511 g/mol. The predicted molar refractivity (Wildman–Crippen MR) is 154 cm³/mol. The molecule has 0 amide bonds. The van der Waals surface area contributed by atoms with Crippen molar-refractivity contribution in [1.29, 1.82) is 0 Å². The smallest absolute Gasteiger partial charge is 0.347 e. The first-order valence-corrected chi connectivity index (χ1v) is 12.4. The molecule has 6 aromatic rings. The highest BCUT2D eigenvalue weighted by Crippen LogP contribution is 2.19. The zero-order valence-corrected chi connectivity index (χ0v) is 20.8. The average Bonchev–Trinajstić information content (AvgIpc) is 2.97. The van der Waals surface area contributed by atoms with Crippen molar-refractivity contribution in [2.75, 3.05) is 0 Å². The van der Waals surface area contributed by atoms with E-state index >= 15 is 0 Å². The largest absolute Gasteiger partial charge is 0.404 e. The van der Waals surface area contributed by atoms with Crippen molar-refractivity contribution in [3.8, 4) is 0 Å². The zero-order valence-electron chi connectivity index (χ0n) is 20.8. The summed E-state index contributed by atoms with van der Waals surface area (Å²) in [5.74, 6) is 0.492. The molecule has 6 nitrogen and oxygen atoms in total. The molecule has 39 heavy (non-hydrogen) atoms. The van der Waals surface area contributed by atoms with Crippen LogP contribution in [0, 0.1) is 0 Å². The summed E-state index contributed by atoms with van der Waals surface area (Å²) in [4.78, 5) is 34.4. The number of rotatable bonds is 6. The molecule has 0 aliphatic carbocycles. The Labute approximate surface area is 223 Å². The van der Waals surface area contributed by atoms with E-state index in [1.165, 1.54) is 0 Å². The van der Waals surface area contributed by atoms with Crippen LogP contribution in [0.25, 0.3) is 46.1 Å². The van der Waals surface area contributed by atoms with Crippen molar-refractivity contribution < 1.29 is 8.83 Å². The van der Waals surface area contributed by atoms with Crippen molar-refractivity contribution in [3.05, 3.63) is 152 Å². The fourth-order valence-corrected chi connectivity index (χ4v) is 4.33. The van der Waals surface area contributed by atoms with Gasteiger partial charge in [-0.05, 0) is 65.1 Å². The summed E-state index contributed by atoms with van der Waals surface area (Å²) in [6, 6.07) is 30.5. The molecule has 4 aromatic carbocycles. The number of nitrogens with zero attached hydrogens (tertiary/aromatic N) is 2. The Hall–Kier alpha value is -5.36. The lowest BCUT2D eigenvalue weighted by Crippen LogP contribution is -2.05. The summed E-state index contributed by atoms with van der Waals surface area (Å²) < 4.78 is 10.9. The van der Waals surface area contributed by atoms with Crippen LogP contribution in [0.15, 0.2) is 115 Å². The first-order valence-electron chi connectivity index (χ1n) is 12.4. The Kier molecular flexibility index (Phi) is 6.50. The third kappa shape index (κ3) is 5.50. The SMILES string of the molecule is O=c1oc(/C=C\c2ccccc2)nc2ccc(Cc3ccc4nc(/C=C/c5ccccc5)oc(=O)c4c3)cc12. The van der Waals surface area contributed by atoms with E-state index in [9.17, 15) is 9.59 Å². The third-order valence-corrected chi connectivity index (χ3v) is 6.26. The Bertz CT molecular complexity index is 1830. The fraction of sp³-hybridized carbons (Fsp3) is 0.0303. The monoisotopic (exact) mass is 510 g/mol. The number of hydrogen-bond donors (Lipinski definition) is 0. The van der Waals surface area contributed by atoms with E-state index in [4.69, 9.17) is 8.83 Å². The van der Waals surface area contributed by atoms with Gasteiger partial charge in [-0.3, -0.25) is 0 Å². The van der Waals surface area contributed by atoms with E-state index in [-0.39, 0.29) is 11.8 Å². The molecule has 0 unspecified atom stereocenters. The van der Waals surface area contributed by atoms with Crippen molar-refractivity contribution in [1.82, 2.24) is 9.97 Å². The van der Waals surface area contributed by atoms with Gasteiger partial charge >= 0.3 is 11.3 Å². The molecule has 0 aliphatic rings. The molecule has 0 aliphatic heterocycles. The van der Waals surface area contributed by atoms with Crippen LogP contribution in [0.2, 0.25) is 0 Å². The van der Waals surface area contributed by atoms with Gasteiger partial charge in [-0.15, -0.1) is 0 Å². The molecule has 188 valence electrons. The third-order valence-electron chi connectivity index (χ3n) is 6.26. The van der Waals surface area contributed by atoms with Crippen LogP contribution in [0.4, 0.5) is 0 Å². The Balaban J connectivity index is 1.24. The van der Waals surface area contributed by atoms with Crippen LogP contribution in [-0.2, 0) is 6.42 Å². The lowest BCUT2D eigenvalue weighted by atomic mass is 10.0. The zero-order chi connectivity index (χ0) is 26.6. The van der Waals surface area contributed by atoms with Gasteiger partial charge in [0.1, 0.15) is 0 Å². The Morgan fingerprint density at radius 2 is 0.974 bits per heavy atom. The van der Waals surface area contributed by atoms with Crippen molar-refractivity contribution in [2.45, 2.75) is 6.42 Å². The number of benzene rings is 4. The number of fused-ring (bicyclic) bond motifs is 2. The minimum absolute atomic E-state index is 0.246. The number of hydrogen-bond acceptors (Lipinski definition) is 6. The van der Waals surface area contributed by atoms with Gasteiger partial charge in [-0.1, -0.05) is 72.8 Å². The quantitative estimate of drug-likeness (QED) is 0.250. The molecule has 0 N–H and O–H groups in total. The van der Waals surface area contributed by atoms with Gasteiger partial charge in [0.25, 0.3) is 0 Å². The molecule has 6 rings (SSSR count). The van der Waals surface area contributed by atoms with Crippen LogP contribution in [0.5, 0.6) is 0 Å². The van der Waals surface area contributed by atoms with E-state index in [2.05, 4.69) is 9.97 Å². The summed E-state index contributed by atoms with van der Waals surface area (Å²) in [7, 11) is 0. The van der Waals surface area contributed by atoms with Crippen LogP contribution in [0.3, 0.4) is 0 Å². The summed E-state index contributed by atoms with van der Waals surface area (Å²) in [6.45, 7) is 0. The van der Waals surface area contributed by atoms with E-state index in [0.717, 1.165) is 22.3 Å². The number of aromatic nitrogens is 2. The minimum Gasteiger partial charge on any atom is -0.404 e. The first-order chi connectivity index (χ1) is 19.1. The summed E-state index contributed by atoms with van der Waals surface area (Å²) in [5, 5.41) is 0.808. The van der Waals surface area contributed by atoms with Gasteiger partial charge < -0.3 is 8.83 Å². The highest BCUT2D eigenvalue weighted by Gasteiger charge is 2.09. The lowest BCUT2D eigenvalue weighted by Gasteiger charge is -2.05. The lowest BCUT2D eigenvalue weighted by molar-refractivity contribution is 0.490. The van der Waals surface area contributed by atoms with E-state index in [1.54, 1.807) is 24.3 Å². The molecule has 2 aromatic heterocycles. The second kappa shape index (κ2) is 10.6. The summed E-state index contributed by atoms with van der Waals surface area (Å²) in [5.41, 5.74) is 3.97. The van der Waals surface area contributed by atoms with Crippen LogP contribution in [-0.4, -0.2) is 9.97 Å². The normalized spacial score (nSPS) is 11.7. The second-order valence-electron chi connectivity index (χ2n) is 9.05. The molecule has 0 saturated carbocycles. The molecule has 0 fully saturated rings. The van der Waals surface area contributed by atoms with Gasteiger partial charge in [0.15, 0.2) is 0 Å². The summed E-state index contributed by atoms with van der Waals surface area (Å²) in [6.07, 6.45) is 7.57. The molecule has 0 atom stereocenters. The topological polar surface area (TPSA) is 86.2 Å². The van der Waals surface area contributed by atoms with Crippen molar-refractivity contribution >= 4 is 46.1 Å². The molecule has 2 heterocycles. The molecule has 0 radical (unpaired) electrons. The molecule has 6 heteroatoms. The van der Waals surface area contributed by atoms with Gasteiger partial charge in [-0.2, -0.15) is 0 Å². The molecule has 0 saturated heterocycles. The Morgan fingerprint density at radius 3 is 1.41 bits per heavy atom. The molecular formula is C33H22N2O4. The maximum atomic E-state index is 12.7. The van der Waals surface area contributed by atoms with Gasteiger partial charge in [-0.25, -0.2) is 19.6 Å². The van der Waals surface area contributed by atoms with Crippen molar-refractivity contribution in [2.24, 2.45) is 0 Å². The van der Waals surface area contributed by atoms with Gasteiger partial charge in [0.05, 0.1) is 21.8 Å². The fourth-order valence-electron chi connectivity index (χ4n) is 4.33. The van der Waals surface area contributed by atoms with Crippen LogP contribution in [0.1, 0.15) is 34.0 Å². The van der Waals surface area contributed by atoms with E-state index < -0.39 is 11.3 Å². The standard InChI is InChI=1S/C33H22N2O4/c36-32-26-20-24(11-15-28(26)34-30(38-32)17-13-22-7-3-1-4-8-22)19-25-12-16-29-27(21-25)33(37)39-31(35-29)18-14-23-9-5-2-6-10-23/h1-18,20-21H,19H2/b17-13-,18-14+. The predicted octanol–water partition coefficient (Wildman–Crippen LogP) is 6.62. The van der Waals surface area contributed by atoms with Crippen LogP contribution < -0.4 is 11.3 Å². The van der Waals surface area contributed by atoms with Gasteiger partial charge in [0, 0.05) is 12.2 Å². The molecule has 0 bridgehead atoms. The summed E-state index contributed by atoms with van der Waals surface area (Å²) >= 11 is 0. The van der Waals surface area contributed by atoms with E-state index in [0.29, 0.717) is 28.2 Å². The maximum Gasteiger partial charge on any atom is 0.347 e. The highest BCUT2D eigenvalue weighted by molar-refractivity contribution is 5.81. The minimum atomic E-state index is -0.450. The Morgan fingerprint density at radius 1 is 0.538 bits per heavy atom. The van der Waals surface area contributed by atoms with Crippen molar-refractivity contribution in [3.63, 3.8) is 0 Å². The van der Waals surface area contributed by atoms with E-state index in [1.807, 2.05) is 97.1 Å². The second-order valence-corrected chi connectivity index (χ2v) is 9.05. The molecule has 0 spiro atoms. The highest BCUT2D eigenvalue weighted by atomic mass is 16.4. The molecular weight excluding hydrogens is 488 g/mol. The van der Waals surface area contributed by atoms with Gasteiger partial charge in [0.2, 0.25) is 11.8 Å². The maximum absolute atomic E-state index is 12.7. The first kappa shape index (κ1) is 24.0. The van der Waals surface area contributed by atoms with Crippen LogP contribution >= 0.6 is 0 Å².